The number of carboxylic acids is 1. The second kappa shape index (κ2) is 27.0. The van der Waals surface area contributed by atoms with Crippen LogP contribution in [0.5, 0.6) is 0 Å². The van der Waals surface area contributed by atoms with Crippen LogP contribution in [0.2, 0.25) is 0 Å². The zero-order valence-corrected chi connectivity index (χ0v) is 51.6. The van der Waals surface area contributed by atoms with Gasteiger partial charge in [0.15, 0.2) is 0 Å². The summed E-state index contributed by atoms with van der Waals surface area (Å²) in [6.45, 7) is 31.7. The predicted octanol–water partition coefficient (Wildman–Crippen LogP) is 14.3. The smallest absolute Gasteiger partial charge is 0.410 e. The van der Waals surface area contributed by atoms with E-state index in [2.05, 4.69) is 47.8 Å². The molecule has 2 aliphatic heterocycles. The van der Waals surface area contributed by atoms with Gasteiger partial charge >= 0.3 is 18.2 Å². The topological polar surface area (TPSA) is 184 Å². The molecular formula is C58H80F2N8O7S4. The van der Waals surface area contributed by atoms with Crippen molar-refractivity contribution < 1.29 is 42.5 Å². The summed E-state index contributed by atoms with van der Waals surface area (Å²) in [6.07, 6.45) is 2.60. The van der Waals surface area contributed by atoms with Crippen molar-refractivity contribution in [3.05, 3.63) is 68.9 Å². The summed E-state index contributed by atoms with van der Waals surface area (Å²) >= 11 is 6.37. The number of anilines is 2. The molecule has 0 aliphatic carbocycles. The second-order valence-electron chi connectivity index (χ2n) is 22.6. The lowest BCUT2D eigenvalue weighted by molar-refractivity contribution is -0.137. The number of thiophene rings is 2. The van der Waals surface area contributed by atoms with Crippen LogP contribution in [0.1, 0.15) is 143 Å². The van der Waals surface area contributed by atoms with E-state index in [9.17, 15) is 28.0 Å². The van der Waals surface area contributed by atoms with Gasteiger partial charge in [0.2, 0.25) is 5.91 Å². The third-order valence-corrected chi connectivity index (χ3v) is 18.0. The number of aliphatic carboxylic acids is 1. The van der Waals surface area contributed by atoms with E-state index in [0.29, 0.717) is 23.1 Å². The zero-order chi connectivity index (χ0) is 58.3. The average Bonchev–Trinajstić information content (AvgIpc) is 4.36. The number of hydrogen-bond donors (Lipinski definition) is 3. The number of carboxylic acid groups (broad SMARTS) is 1. The fourth-order valence-corrected chi connectivity index (χ4v) is 13.6. The summed E-state index contributed by atoms with van der Waals surface area (Å²) in [4.78, 5) is 68.5. The summed E-state index contributed by atoms with van der Waals surface area (Å²) < 4.78 is 40.0. The monoisotopic (exact) mass is 1170 g/mol. The molecule has 2 unspecified atom stereocenters. The highest BCUT2D eigenvalue weighted by Gasteiger charge is 2.32. The SMILES string of the molecule is CC(C)N1CCc2c(sc(N)c2-c2nc3cc(F)ccc3s2)C1.CCC(C)N(CCC(=O)Nc1sc2c(c1-c1nc3cc(F)ccc3s1)CCN(C(C)C)C2)C(=O)OC(C)(C)C.CCC(C)N(CCC(=O)O)C(=O)OC(C)(C)C. The van der Waals surface area contributed by atoms with Crippen molar-refractivity contribution in [1.29, 1.82) is 0 Å². The Hall–Kier alpha value is -5.32. The van der Waals surface area contributed by atoms with Crippen LogP contribution in [0.15, 0.2) is 36.4 Å². The molecule has 2 aliphatic rings. The quantitative estimate of drug-likeness (QED) is 0.0886. The van der Waals surface area contributed by atoms with Gasteiger partial charge in [0.1, 0.15) is 37.9 Å². The lowest BCUT2D eigenvalue weighted by Crippen LogP contribution is -2.43. The van der Waals surface area contributed by atoms with Gasteiger partial charge in [0.25, 0.3) is 0 Å². The Morgan fingerprint density at radius 1 is 0.684 bits per heavy atom. The number of amides is 3. The van der Waals surface area contributed by atoms with Gasteiger partial charge in [-0.15, -0.1) is 45.3 Å². The molecule has 0 spiro atoms. The van der Waals surface area contributed by atoms with Gasteiger partial charge in [-0.1, -0.05) is 13.8 Å². The molecule has 21 heteroatoms. The van der Waals surface area contributed by atoms with Crippen LogP contribution in [-0.2, 0) is 45.0 Å². The molecule has 2 atom stereocenters. The van der Waals surface area contributed by atoms with Crippen molar-refractivity contribution in [3.63, 3.8) is 0 Å². The van der Waals surface area contributed by atoms with Gasteiger partial charge in [0, 0.05) is 103 Å². The lowest BCUT2D eigenvalue weighted by Gasteiger charge is -2.31. The van der Waals surface area contributed by atoms with E-state index in [1.165, 1.54) is 61.4 Å². The number of benzene rings is 2. The fourth-order valence-electron chi connectivity index (χ4n) is 9.01. The molecule has 4 N–H and O–H groups in total. The Morgan fingerprint density at radius 2 is 1.11 bits per heavy atom. The van der Waals surface area contributed by atoms with Gasteiger partial charge in [-0.05, 0) is 144 Å². The highest BCUT2D eigenvalue weighted by molar-refractivity contribution is 7.23. The molecule has 6 aromatic rings. The second-order valence-corrected chi connectivity index (χ2v) is 26.9. The number of fused-ring (bicyclic) bond motifs is 4. The van der Waals surface area contributed by atoms with E-state index in [1.807, 2.05) is 48.5 Å². The van der Waals surface area contributed by atoms with Gasteiger partial charge < -0.3 is 35.4 Å². The maximum Gasteiger partial charge on any atom is 0.410 e. The van der Waals surface area contributed by atoms with Crippen molar-refractivity contribution >= 4 is 99.8 Å². The number of thiazole rings is 2. The fraction of sp³-hybridized carbons (Fsp3) is 0.552. The molecule has 79 heavy (non-hydrogen) atoms. The number of aromatic nitrogens is 2. The number of nitrogens with two attached hydrogens (primary N) is 1. The van der Waals surface area contributed by atoms with Crippen LogP contribution in [0, 0.1) is 11.6 Å². The molecule has 0 fully saturated rings. The number of hydrogen-bond acceptors (Lipinski definition) is 15. The minimum absolute atomic E-state index is 0.0239. The van der Waals surface area contributed by atoms with Crippen LogP contribution in [0.25, 0.3) is 41.6 Å². The van der Waals surface area contributed by atoms with E-state index < -0.39 is 29.4 Å². The Bertz CT molecular complexity index is 3080. The van der Waals surface area contributed by atoms with Gasteiger partial charge in [-0.2, -0.15) is 0 Å². The van der Waals surface area contributed by atoms with Crippen LogP contribution in [0.3, 0.4) is 0 Å². The summed E-state index contributed by atoms with van der Waals surface area (Å²) in [5.41, 5.74) is 11.0. The van der Waals surface area contributed by atoms with Gasteiger partial charge in [-0.3, -0.25) is 19.4 Å². The first-order valence-corrected chi connectivity index (χ1v) is 30.5. The molecular weight excluding hydrogens is 1090 g/mol. The first kappa shape index (κ1) is 62.9. The molecule has 3 amide bonds. The normalized spacial score (nSPS) is 14.7. The molecule has 15 nitrogen and oxygen atoms in total. The number of carbonyl (C=O) groups excluding carboxylic acids is 3. The zero-order valence-electron chi connectivity index (χ0n) is 48.3. The van der Waals surface area contributed by atoms with Crippen LogP contribution >= 0.6 is 45.3 Å². The highest BCUT2D eigenvalue weighted by atomic mass is 32.1. The van der Waals surface area contributed by atoms with Crippen molar-refractivity contribution in [1.82, 2.24) is 29.6 Å². The largest absolute Gasteiger partial charge is 0.481 e. The number of carbonyl (C=O) groups is 4. The molecule has 6 heterocycles. The van der Waals surface area contributed by atoms with Crippen LogP contribution in [-0.4, -0.2) is 120 Å². The lowest BCUT2D eigenvalue weighted by atomic mass is 10.0. The Balaban J connectivity index is 0.000000213. The summed E-state index contributed by atoms with van der Waals surface area (Å²) in [7, 11) is 0. The third kappa shape index (κ3) is 16.9. The van der Waals surface area contributed by atoms with Crippen LogP contribution in [0.4, 0.5) is 28.4 Å². The minimum atomic E-state index is -0.915. The first-order chi connectivity index (χ1) is 37.1. The third-order valence-electron chi connectivity index (χ3n) is 13.7. The molecule has 2 aromatic carbocycles. The van der Waals surface area contributed by atoms with Crippen molar-refractivity contribution in [2.24, 2.45) is 0 Å². The molecule has 4 aromatic heterocycles. The molecule has 432 valence electrons. The van der Waals surface area contributed by atoms with Crippen LogP contribution < -0.4 is 11.1 Å². The van der Waals surface area contributed by atoms with Crippen molar-refractivity contribution in [2.75, 3.05) is 37.2 Å². The maximum absolute atomic E-state index is 13.9. The minimum Gasteiger partial charge on any atom is -0.481 e. The van der Waals surface area contributed by atoms with E-state index in [1.54, 1.807) is 71.8 Å². The van der Waals surface area contributed by atoms with E-state index in [4.69, 9.17) is 25.3 Å². The number of rotatable bonds is 15. The van der Waals surface area contributed by atoms with E-state index >= 15 is 0 Å². The number of nitrogens with zero attached hydrogens (tertiary/aromatic N) is 6. The molecule has 0 radical (unpaired) electrons. The number of nitrogen functional groups attached to an aromatic ring is 1. The summed E-state index contributed by atoms with van der Waals surface area (Å²) in [5.74, 6) is -1.65. The molecule has 0 saturated heterocycles. The van der Waals surface area contributed by atoms with Crippen molar-refractivity contribution in [3.8, 4) is 21.1 Å². The van der Waals surface area contributed by atoms with E-state index in [-0.39, 0.29) is 55.6 Å². The Kier molecular flexibility index (Phi) is 21.5. The highest BCUT2D eigenvalue weighted by Crippen LogP contribution is 2.47. The van der Waals surface area contributed by atoms with E-state index in [0.717, 1.165) is 92.4 Å². The number of nitrogens with one attached hydrogen (secondary N) is 1. The summed E-state index contributed by atoms with van der Waals surface area (Å²) in [5, 5.41) is 15.1. The molecule has 0 bridgehead atoms. The standard InChI is InChI=1S/C29H39FN4O3S2.C17H18FN3S2.C12H23NO4/c1-8-18(4)34(28(36)37-29(5,6)7)14-12-24(35)32-27-25(20-11-13-33(17(2)3)16-23(20)39-27)26-31-21-15-19(30)9-10-22(21)38-26;1-9(2)21-6-5-11-14(8-21)22-16(19)15(11)17-20-12-7-10(18)3-4-13(12)23-17;1-6-9(2)13(8-7-10(14)15)11(16)17-12(3,4)5/h9-10,15,17-18H,8,11-14,16H2,1-7H3,(H,32,35);3-4,7,9H,5-6,8,19H2,1-2H3;9H,6-8H2,1-5H3,(H,14,15). The first-order valence-electron chi connectivity index (χ1n) is 27.2. The maximum atomic E-state index is 13.9. The number of halogens is 2. The van der Waals surface area contributed by atoms with Gasteiger partial charge in [0.05, 0.1) is 31.9 Å². The van der Waals surface area contributed by atoms with Crippen molar-refractivity contribution in [2.45, 2.75) is 184 Å². The summed E-state index contributed by atoms with van der Waals surface area (Å²) in [6, 6.07) is 10.3. The average molecular weight is 1170 g/mol. The number of ether oxygens (including phenoxy) is 2. The Morgan fingerprint density at radius 3 is 1.54 bits per heavy atom. The Labute approximate surface area is 480 Å². The molecule has 8 rings (SSSR count). The van der Waals surface area contributed by atoms with Gasteiger partial charge in [-0.25, -0.2) is 28.3 Å². The predicted molar refractivity (Wildman–Crippen MR) is 320 cm³/mol. The molecule has 0 saturated carbocycles.